The average Bonchev–Trinajstić information content (AvgIpc) is 2.74. The molecule has 1 fully saturated rings. The van der Waals surface area contributed by atoms with Gasteiger partial charge in [-0.25, -0.2) is 0 Å². The molecular formula is C22H27N3O3. The molecule has 28 heavy (non-hydrogen) atoms. The van der Waals surface area contributed by atoms with Gasteiger partial charge in [-0.2, -0.15) is 0 Å². The van der Waals surface area contributed by atoms with Gasteiger partial charge in [-0.1, -0.05) is 30.3 Å². The van der Waals surface area contributed by atoms with Gasteiger partial charge in [0.1, 0.15) is 12.4 Å². The zero-order valence-corrected chi connectivity index (χ0v) is 16.3. The van der Waals surface area contributed by atoms with Crippen molar-refractivity contribution < 1.29 is 14.3 Å². The Labute approximate surface area is 166 Å². The van der Waals surface area contributed by atoms with Crippen molar-refractivity contribution in [3.63, 3.8) is 0 Å². The number of carbonyl (C=O) groups excluding carboxylic acids is 2. The molecule has 1 N–H and O–H groups in total. The van der Waals surface area contributed by atoms with E-state index in [0.717, 1.165) is 17.0 Å². The fraction of sp³-hybridized carbons (Fsp3) is 0.364. The largest absolute Gasteiger partial charge is 0.489 e. The van der Waals surface area contributed by atoms with Crippen molar-refractivity contribution in [1.82, 2.24) is 9.80 Å². The second-order valence-corrected chi connectivity index (χ2v) is 6.86. The summed E-state index contributed by atoms with van der Waals surface area (Å²) >= 11 is 0. The normalized spacial score (nSPS) is 13.9. The predicted octanol–water partition coefficient (Wildman–Crippen LogP) is 2.76. The van der Waals surface area contributed by atoms with Gasteiger partial charge < -0.3 is 19.9 Å². The van der Waals surface area contributed by atoms with Gasteiger partial charge in [0, 0.05) is 51.8 Å². The summed E-state index contributed by atoms with van der Waals surface area (Å²) in [6.07, 6.45) is 0.437. The summed E-state index contributed by atoms with van der Waals surface area (Å²) in [7, 11) is 0. The maximum absolute atomic E-state index is 12.3. The zero-order valence-electron chi connectivity index (χ0n) is 16.3. The van der Waals surface area contributed by atoms with Crippen LogP contribution in [0.5, 0.6) is 5.75 Å². The molecule has 2 aromatic carbocycles. The summed E-state index contributed by atoms with van der Waals surface area (Å²) in [4.78, 5) is 27.3. The van der Waals surface area contributed by atoms with Gasteiger partial charge in [-0.15, -0.1) is 0 Å². The Balaban J connectivity index is 1.37. The van der Waals surface area contributed by atoms with Crippen LogP contribution in [0, 0.1) is 0 Å². The molecule has 0 radical (unpaired) electrons. The number of nitrogens with one attached hydrogen (secondary N) is 1. The predicted molar refractivity (Wildman–Crippen MR) is 109 cm³/mol. The van der Waals surface area contributed by atoms with E-state index < -0.39 is 0 Å². The van der Waals surface area contributed by atoms with E-state index >= 15 is 0 Å². The van der Waals surface area contributed by atoms with E-state index in [4.69, 9.17) is 4.74 Å². The van der Waals surface area contributed by atoms with Gasteiger partial charge in [0.15, 0.2) is 0 Å². The van der Waals surface area contributed by atoms with E-state index in [9.17, 15) is 9.59 Å². The van der Waals surface area contributed by atoms with Crippen LogP contribution in [0.4, 0.5) is 5.69 Å². The van der Waals surface area contributed by atoms with Crippen molar-refractivity contribution in [2.24, 2.45) is 0 Å². The van der Waals surface area contributed by atoms with E-state index in [2.05, 4.69) is 5.32 Å². The van der Waals surface area contributed by atoms with Crippen molar-refractivity contribution in [2.75, 3.05) is 38.0 Å². The molecule has 0 saturated carbocycles. The molecule has 0 atom stereocenters. The number of benzene rings is 2. The zero-order chi connectivity index (χ0) is 19.8. The van der Waals surface area contributed by atoms with Crippen LogP contribution in [0.1, 0.15) is 18.9 Å². The van der Waals surface area contributed by atoms with Crippen LogP contribution >= 0.6 is 0 Å². The van der Waals surface area contributed by atoms with E-state index in [1.807, 2.05) is 59.5 Å². The van der Waals surface area contributed by atoms with Gasteiger partial charge >= 0.3 is 0 Å². The molecule has 6 nitrogen and oxygen atoms in total. The maximum atomic E-state index is 12.3. The van der Waals surface area contributed by atoms with Gasteiger partial charge in [0.05, 0.1) is 0 Å². The van der Waals surface area contributed by atoms with Gasteiger partial charge in [-0.05, 0) is 29.8 Å². The second-order valence-electron chi connectivity index (χ2n) is 6.86. The molecular weight excluding hydrogens is 354 g/mol. The minimum Gasteiger partial charge on any atom is -0.489 e. The molecule has 1 saturated heterocycles. The smallest absolute Gasteiger partial charge is 0.224 e. The number of nitrogens with zero attached hydrogens (tertiary/aromatic N) is 2. The first kappa shape index (κ1) is 19.7. The standard InChI is InChI=1S/C22H27N3O3/c1-18(26)24-13-15-25(16-14-24)22(27)11-12-23-20-7-9-21(10-8-20)28-17-19-5-3-2-4-6-19/h2-10,23H,11-17H2,1H3. The first-order valence-electron chi connectivity index (χ1n) is 9.66. The van der Waals surface area contributed by atoms with Crippen molar-refractivity contribution in [3.8, 4) is 5.75 Å². The van der Waals surface area contributed by atoms with E-state index in [0.29, 0.717) is 45.8 Å². The molecule has 2 amide bonds. The summed E-state index contributed by atoms with van der Waals surface area (Å²) in [6, 6.07) is 17.8. The second kappa shape index (κ2) is 9.78. The lowest BCUT2D eigenvalue weighted by molar-refractivity contribution is -0.138. The van der Waals surface area contributed by atoms with Crippen molar-refractivity contribution >= 4 is 17.5 Å². The van der Waals surface area contributed by atoms with Crippen LogP contribution in [-0.4, -0.2) is 54.3 Å². The highest BCUT2D eigenvalue weighted by atomic mass is 16.5. The molecule has 3 rings (SSSR count). The van der Waals surface area contributed by atoms with Gasteiger partial charge in [0.2, 0.25) is 11.8 Å². The van der Waals surface area contributed by atoms with Crippen molar-refractivity contribution in [2.45, 2.75) is 20.0 Å². The number of amides is 2. The lowest BCUT2D eigenvalue weighted by Gasteiger charge is -2.34. The number of anilines is 1. The summed E-state index contributed by atoms with van der Waals surface area (Å²) in [5.74, 6) is 1.01. The first-order chi connectivity index (χ1) is 13.6. The fourth-order valence-corrected chi connectivity index (χ4v) is 3.15. The highest BCUT2D eigenvalue weighted by molar-refractivity contribution is 5.78. The van der Waals surface area contributed by atoms with E-state index in [1.165, 1.54) is 0 Å². The van der Waals surface area contributed by atoms with Crippen LogP contribution in [0.2, 0.25) is 0 Å². The maximum Gasteiger partial charge on any atom is 0.224 e. The Kier molecular flexibility index (Phi) is 6.89. The third kappa shape index (κ3) is 5.74. The molecule has 0 bridgehead atoms. The summed E-state index contributed by atoms with van der Waals surface area (Å²) < 4.78 is 5.78. The Hall–Kier alpha value is -3.02. The summed E-state index contributed by atoms with van der Waals surface area (Å²) in [5.41, 5.74) is 2.09. The quantitative estimate of drug-likeness (QED) is 0.801. The molecule has 0 aromatic heterocycles. The molecule has 6 heteroatoms. The Morgan fingerprint density at radius 2 is 1.57 bits per heavy atom. The van der Waals surface area contributed by atoms with Crippen LogP contribution in [0.25, 0.3) is 0 Å². The topological polar surface area (TPSA) is 61.9 Å². The first-order valence-corrected chi connectivity index (χ1v) is 9.66. The Morgan fingerprint density at radius 1 is 0.929 bits per heavy atom. The number of hydrogen-bond acceptors (Lipinski definition) is 4. The number of carbonyl (C=O) groups is 2. The molecule has 1 aliphatic rings. The van der Waals surface area contributed by atoms with Crippen molar-refractivity contribution in [1.29, 1.82) is 0 Å². The number of rotatable bonds is 7. The van der Waals surface area contributed by atoms with Crippen LogP contribution in [0.3, 0.4) is 0 Å². The van der Waals surface area contributed by atoms with Crippen LogP contribution < -0.4 is 10.1 Å². The van der Waals surface area contributed by atoms with E-state index in [-0.39, 0.29) is 11.8 Å². The highest BCUT2D eigenvalue weighted by Crippen LogP contribution is 2.17. The highest BCUT2D eigenvalue weighted by Gasteiger charge is 2.21. The fourth-order valence-electron chi connectivity index (χ4n) is 3.15. The van der Waals surface area contributed by atoms with E-state index in [1.54, 1.807) is 11.8 Å². The van der Waals surface area contributed by atoms with Crippen molar-refractivity contribution in [3.05, 3.63) is 60.2 Å². The minimum atomic E-state index is 0.0740. The molecule has 1 aliphatic heterocycles. The monoisotopic (exact) mass is 381 g/mol. The molecule has 0 unspecified atom stereocenters. The average molecular weight is 381 g/mol. The molecule has 1 heterocycles. The molecule has 148 valence electrons. The summed E-state index contributed by atoms with van der Waals surface area (Å²) in [6.45, 7) is 5.17. The van der Waals surface area contributed by atoms with Gasteiger partial charge in [0.25, 0.3) is 0 Å². The Morgan fingerprint density at radius 3 is 2.21 bits per heavy atom. The minimum absolute atomic E-state index is 0.0740. The number of hydrogen-bond donors (Lipinski definition) is 1. The molecule has 0 aliphatic carbocycles. The summed E-state index contributed by atoms with van der Waals surface area (Å²) in [5, 5.41) is 3.28. The van der Waals surface area contributed by atoms with Gasteiger partial charge in [-0.3, -0.25) is 9.59 Å². The number of ether oxygens (including phenoxy) is 1. The Bertz CT molecular complexity index is 769. The molecule has 2 aromatic rings. The molecule has 0 spiro atoms. The lowest BCUT2D eigenvalue weighted by atomic mass is 10.2. The van der Waals surface area contributed by atoms with Crippen LogP contribution in [-0.2, 0) is 16.2 Å². The third-order valence-corrected chi connectivity index (χ3v) is 4.85. The van der Waals surface area contributed by atoms with Crippen LogP contribution in [0.15, 0.2) is 54.6 Å². The third-order valence-electron chi connectivity index (χ3n) is 4.85. The SMILES string of the molecule is CC(=O)N1CCN(C(=O)CCNc2ccc(OCc3ccccc3)cc2)CC1. The lowest BCUT2D eigenvalue weighted by Crippen LogP contribution is -2.50. The number of piperazine rings is 1.